The number of carbonyl (C=O) groups excluding carboxylic acids is 2. The second-order valence-electron chi connectivity index (χ2n) is 10.4. The van der Waals surface area contributed by atoms with Crippen molar-refractivity contribution in [3.05, 3.63) is 46.4 Å². The monoisotopic (exact) mass is 448 g/mol. The summed E-state index contributed by atoms with van der Waals surface area (Å²) >= 11 is 0. The Bertz CT molecular complexity index is 1090. The summed E-state index contributed by atoms with van der Waals surface area (Å²) in [5, 5.41) is 1.62. The Morgan fingerprint density at radius 2 is 1.79 bits per heavy atom. The molecule has 5 heteroatoms. The van der Waals surface area contributed by atoms with Gasteiger partial charge >= 0.3 is 0 Å². The molecule has 0 spiro atoms. The van der Waals surface area contributed by atoms with Crippen LogP contribution >= 0.6 is 0 Å². The summed E-state index contributed by atoms with van der Waals surface area (Å²) in [5.41, 5.74) is 1.09. The number of Topliss-reactive ketones (excluding diaryl/α,β-unsaturated/α-hetero) is 1. The molecule has 3 fully saturated rings. The zero-order valence-electron chi connectivity index (χ0n) is 19.8. The lowest BCUT2D eigenvalue weighted by Gasteiger charge is -2.33. The van der Waals surface area contributed by atoms with Crippen LogP contribution in [-0.4, -0.2) is 34.2 Å². The molecule has 0 radical (unpaired) electrons. The molecule has 1 saturated heterocycles. The second-order valence-corrected chi connectivity index (χ2v) is 10.4. The van der Waals surface area contributed by atoms with Crippen LogP contribution < -0.4 is 5.56 Å². The van der Waals surface area contributed by atoms with Gasteiger partial charge in [-0.1, -0.05) is 38.3 Å². The van der Waals surface area contributed by atoms with E-state index in [-0.39, 0.29) is 35.1 Å². The van der Waals surface area contributed by atoms with Crippen molar-refractivity contribution < 1.29 is 9.59 Å². The van der Waals surface area contributed by atoms with Gasteiger partial charge in [-0.05, 0) is 67.5 Å². The fourth-order valence-corrected chi connectivity index (χ4v) is 6.09. The van der Waals surface area contributed by atoms with Gasteiger partial charge in [0.15, 0.2) is 5.78 Å². The van der Waals surface area contributed by atoms with E-state index in [9.17, 15) is 14.4 Å². The predicted octanol–water partition coefficient (Wildman–Crippen LogP) is 5.22. The van der Waals surface area contributed by atoms with Gasteiger partial charge in [-0.25, -0.2) is 0 Å². The molecule has 2 aliphatic carbocycles. The number of amides is 1. The van der Waals surface area contributed by atoms with Gasteiger partial charge in [0.1, 0.15) is 0 Å². The van der Waals surface area contributed by atoms with Gasteiger partial charge in [-0.3, -0.25) is 14.4 Å². The molecule has 1 amide bonds. The number of hydrogen-bond donors (Lipinski definition) is 0. The number of carbonyl (C=O) groups is 2. The molecule has 1 unspecified atom stereocenters. The number of piperidine rings is 1. The fourth-order valence-electron chi connectivity index (χ4n) is 6.09. The van der Waals surface area contributed by atoms with Crippen molar-refractivity contribution in [2.24, 2.45) is 11.8 Å². The number of rotatable bonds is 6. The number of ketones is 1. The van der Waals surface area contributed by atoms with E-state index in [2.05, 4.69) is 6.07 Å². The van der Waals surface area contributed by atoms with Crippen molar-refractivity contribution in [1.29, 1.82) is 0 Å². The van der Waals surface area contributed by atoms with Crippen LogP contribution in [0.25, 0.3) is 10.8 Å². The van der Waals surface area contributed by atoms with Crippen molar-refractivity contribution in [2.75, 3.05) is 13.1 Å². The van der Waals surface area contributed by atoms with Crippen LogP contribution in [0.1, 0.15) is 88.7 Å². The van der Waals surface area contributed by atoms with Crippen LogP contribution in [0, 0.1) is 11.8 Å². The molecule has 2 heterocycles. The first-order valence-electron chi connectivity index (χ1n) is 13.0. The first kappa shape index (κ1) is 22.4. The number of pyridine rings is 1. The van der Waals surface area contributed by atoms with E-state index in [0.717, 1.165) is 75.4 Å². The Hall–Kier alpha value is -2.43. The molecule has 3 aliphatic rings. The molecule has 2 saturated carbocycles. The van der Waals surface area contributed by atoms with Crippen LogP contribution in [0.5, 0.6) is 0 Å². The highest BCUT2D eigenvalue weighted by Crippen LogP contribution is 2.36. The molecular weight excluding hydrogens is 412 g/mol. The lowest BCUT2D eigenvalue weighted by Crippen LogP contribution is -2.40. The quantitative estimate of drug-likeness (QED) is 0.609. The molecule has 5 nitrogen and oxygen atoms in total. The van der Waals surface area contributed by atoms with E-state index in [4.69, 9.17) is 0 Å². The Morgan fingerprint density at radius 1 is 1.00 bits per heavy atom. The van der Waals surface area contributed by atoms with Gasteiger partial charge in [0.25, 0.3) is 5.56 Å². The summed E-state index contributed by atoms with van der Waals surface area (Å²) in [6.07, 6.45) is 12.0. The first-order valence-corrected chi connectivity index (χ1v) is 13.0. The fraction of sp³-hybridized carbons (Fsp3) is 0.607. The van der Waals surface area contributed by atoms with Crippen LogP contribution in [0.2, 0.25) is 0 Å². The van der Waals surface area contributed by atoms with Crippen LogP contribution in [0.15, 0.2) is 35.3 Å². The van der Waals surface area contributed by atoms with E-state index in [0.29, 0.717) is 17.7 Å². The van der Waals surface area contributed by atoms with Gasteiger partial charge < -0.3 is 9.47 Å². The highest BCUT2D eigenvalue weighted by atomic mass is 16.2. The lowest BCUT2D eigenvalue weighted by atomic mass is 9.81. The van der Waals surface area contributed by atoms with Crippen LogP contribution in [-0.2, 0) is 9.59 Å². The molecular formula is C28H36N2O3. The Morgan fingerprint density at radius 3 is 2.52 bits per heavy atom. The Balaban J connectivity index is 1.47. The maximum atomic E-state index is 13.7. The summed E-state index contributed by atoms with van der Waals surface area (Å²) in [6.45, 7) is 3.51. The third-order valence-corrected chi connectivity index (χ3v) is 8.16. The number of nitrogens with zero attached hydrogens (tertiary/aromatic N) is 2. The summed E-state index contributed by atoms with van der Waals surface area (Å²) in [7, 11) is 0. The molecule has 176 valence electrons. The number of hydrogen-bond acceptors (Lipinski definition) is 3. The second kappa shape index (κ2) is 9.44. The minimum Gasteiger partial charge on any atom is -0.342 e. The SMILES string of the molecule is CCC(=O)[C@@H](C1CCCCC1)n1ccc2ccc(C3CCCN(C(=O)C4CC4)C3)cc2c1=O. The zero-order chi connectivity index (χ0) is 22.9. The lowest BCUT2D eigenvalue weighted by molar-refractivity contribution is -0.133. The number of aromatic nitrogens is 1. The maximum absolute atomic E-state index is 13.7. The molecule has 5 rings (SSSR count). The largest absolute Gasteiger partial charge is 0.342 e. The summed E-state index contributed by atoms with van der Waals surface area (Å²) in [4.78, 5) is 41.3. The minimum atomic E-state index is -0.350. The van der Waals surface area contributed by atoms with Crippen LogP contribution in [0.3, 0.4) is 0 Å². The van der Waals surface area contributed by atoms with Crippen molar-refractivity contribution in [2.45, 2.75) is 83.1 Å². The topological polar surface area (TPSA) is 59.4 Å². The van der Waals surface area contributed by atoms with E-state index >= 15 is 0 Å². The first-order chi connectivity index (χ1) is 16.1. The molecule has 1 aliphatic heterocycles. The maximum Gasteiger partial charge on any atom is 0.259 e. The van der Waals surface area contributed by atoms with Gasteiger partial charge in [0.2, 0.25) is 5.91 Å². The van der Waals surface area contributed by atoms with E-state index < -0.39 is 0 Å². The molecule has 0 N–H and O–H groups in total. The Kier molecular flexibility index (Phi) is 6.40. The predicted molar refractivity (Wildman–Crippen MR) is 130 cm³/mol. The summed E-state index contributed by atoms with van der Waals surface area (Å²) < 4.78 is 1.73. The van der Waals surface area contributed by atoms with Gasteiger partial charge in [-0.2, -0.15) is 0 Å². The average molecular weight is 449 g/mol. The van der Waals surface area contributed by atoms with Gasteiger partial charge in [0, 0.05) is 42.9 Å². The minimum absolute atomic E-state index is 0.0477. The van der Waals surface area contributed by atoms with E-state index in [1.165, 1.54) is 6.42 Å². The smallest absolute Gasteiger partial charge is 0.259 e. The standard InChI is InChI=1S/C28H36N2O3/c1-2-25(31)26(20-7-4-3-5-8-20)30-16-14-19-10-13-22(17-24(19)28(30)33)23-9-6-15-29(18-23)27(32)21-11-12-21/h10,13-14,16-17,20-21,23,26H,2-9,11-12,15,18H2,1H3/t23?,26-/m1/s1. The number of benzene rings is 1. The molecule has 0 bridgehead atoms. The van der Waals surface area contributed by atoms with E-state index in [1.54, 1.807) is 4.57 Å². The highest BCUT2D eigenvalue weighted by Gasteiger charge is 2.36. The molecule has 1 aromatic carbocycles. The van der Waals surface area contributed by atoms with Crippen LogP contribution in [0.4, 0.5) is 0 Å². The normalized spacial score (nSPS) is 22.9. The third kappa shape index (κ3) is 4.51. The molecule has 1 aromatic heterocycles. The Labute approximate surface area is 196 Å². The molecule has 2 atom stereocenters. The van der Waals surface area contributed by atoms with Crippen molar-refractivity contribution >= 4 is 22.5 Å². The summed E-state index contributed by atoms with van der Waals surface area (Å²) in [6, 6.07) is 7.84. The summed E-state index contributed by atoms with van der Waals surface area (Å²) in [5.74, 6) is 1.26. The van der Waals surface area contributed by atoms with E-state index in [1.807, 2.05) is 36.2 Å². The van der Waals surface area contributed by atoms with Crippen molar-refractivity contribution in [3.63, 3.8) is 0 Å². The van der Waals surface area contributed by atoms with Gasteiger partial charge in [-0.15, -0.1) is 0 Å². The average Bonchev–Trinajstić information content (AvgIpc) is 3.71. The number of fused-ring (bicyclic) bond motifs is 1. The number of likely N-dealkylation sites (tertiary alicyclic amines) is 1. The molecule has 33 heavy (non-hydrogen) atoms. The highest BCUT2D eigenvalue weighted by molar-refractivity contribution is 5.85. The van der Waals surface area contributed by atoms with Gasteiger partial charge in [0.05, 0.1) is 6.04 Å². The van der Waals surface area contributed by atoms with Crippen molar-refractivity contribution in [1.82, 2.24) is 9.47 Å². The zero-order valence-corrected chi connectivity index (χ0v) is 19.8. The van der Waals surface area contributed by atoms with Crippen molar-refractivity contribution in [3.8, 4) is 0 Å². The third-order valence-electron chi connectivity index (χ3n) is 8.16. The molecule has 2 aromatic rings.